The van der Waals surface area contributed by atoms with Crippen molar-refractivity contribution in [2.24, 2.45) is 0 Å². The Labute approximate surface area is 123 Å². The first-order valence-corrected chi connectivity index (χ1v) is 8.75. The van der Waals surface area contributed by atoms with Crippen molar-refractivity contribution in [3.05, 3.63) is 33.8 Å². The number of halogens is 3. The molecule has 0 unspecified atom stereocenters. The highest BCUT2D eigenvalue weighted by Gasteiger charge is 2.18. The topological polar surface area (TPSA) is 34.1 Å². The molecule has 0 aliphatic carbocycles. The first-order valence-electron chi connectivity index (χ1n) is 5.24. The van der Waals surface area contributed by atoms with E-state index in [0.29, 0.717) is 0 Å². The van der Waals surface area contributed by atoms with Gasteiger partial charge in [0.05, 0.1) is 0 Å². The zero-order valence-corrected chi connectivity index (χ0v) is 14.1. The summed E-state index contributed by atoms with van der Waals surface area (Å²) in [7, 11) is 4.81. The summed E-state index contributed by atoms with van der Waals surface area (Å²) in [4.78, 5) is 0. The molecule has 0 aliphatic heterocycles. The van der Waals surface area contributed by atoms with Gasteiger partial charge in [0.25, 0.3) is 0 Å². The van der Waals surface area contributed by atoms with Gasteiger partial charge < -0.3 is 0 Å². The molecule has 1 aromatic carbocycles. The first kappa shape index (κ1) is 18.0. The summed E-state index contributed by atoms with van der Waals surface area (Å²) in [5.41, 5.74) is 3.83. The zero-order chi connectivity index (χ0) is 14.7. The summed E-state index contributed by atoms with van der Waals surface area (Å²) in [6.45, 7) is 10.7. The normalized spacial score (nSPS) is 11.8. The van der Waals surface area contributed by atoms with Crippen LogP contribution < -0.4 is 0 Å². The average Bonchev–Trinajstić information content (AvgIpc) is 2.06. The Kier molecular flexibility index (Phi) is 6.48. The second kappa shape index (κ2) is 6.47. The van der Waals surface area contributed by atoms with Gasteiger partial charge in [0.15, 0.2) is 0 Å². The van der Waals surface area contributed by atoms with E-state index in [0.717, 1.165) is 5.02 Å². The minimum atomic E-state index is -3.72. The van der Waals surface area contributed by atoms with E-state index in [1.54, 1.807) is 0 Å². The fraction of sp³-hybridized carbons (Fsp3) is 0.500. The van der Waals surface area contributed by atoms with E-state index in [4.69, 9.17) is 20.0 Å². The molecule has 0 aromatic heterocycles. The number of aryl methyl sites for hydroxylation is 2. The van der Waals surface area contributed by atoms with Crippen molar-refractivity contribution in [2.45, 2.75) is 40.0 Å². The molecular formula is C12H17Cl3O2S. The van der Waals surface area contributed by atoms with E-state index < -0.39 is 8.26 Å². The van der Waals surface area contributed by atoms with E-state index >= 15 is 0 Å². The van der Waals surface area contributed by atoms with Crippen LogP contribution in [-0.4, -0.2) is 8.42 Å². The highest BCUT2D eigenvalue weighted by Crippen LogP contribution is 2.32. The maximum absolute atomic E-state index is 9.16. The van der Waals surface area contributed by atoms with Crippen LogP contribution in [0.2, 0.25) is 5.02 Å². The van der Waals surface area contributed by atoms with Gasteiger partial charge >= 0.3 is 8.26 Å². The summed E-state index contributed by atoms with van der Waals surface area (Å²) < 4.78 is 18.3. The molecule has 104 valence electrons. The van der Waals surface area contributed by atoms with Crippen LogP contribution in [0.25, 0.3) is 0 Å². The van der Waals surface area contributed by atoms with E-state index in [9.17, 15) is 0 Å². The molecule has 0 saturated heterocycles. The molecule has 2 nitrogen and oxygen atoms in total. The molecule has 18 heavy (non-hydrogen) atoms. The molecule has 0 radical (unpaired) electrons. The van der Waals surface area contributed by atoms with Gasteiger partial charge in [-0.15, -0.1) is 0 Å². The summed E-state index contributed by atoms with van der Waals surface area (Å²) in [6.07, 6.45) is 0. The lowest BCUT2D eigenvalue weighted by atomic mass is 9.85. The van der Waals surface area contributed by atoms with Crippen LogP contribution in [0, 0.1) is 13.8 Å². The molecule has 6 heteroatoms. The molecule has 1 aromatic rings. The van der Waals surface area contributed by atoms with Crippen LogP contribution in [0.3, 0.4) is 0 Å². The first-order chi connectivity index (χ1) is 7.82. The van der Waals surface area contributed by atoms with Crippen molar-refractivity contribution < 1.29 is 8.42 Å². The average molecular weight is 332 g/mol. The van der Waals surface area contributed by atoms with Gasteiger partial charge in [0, 0.05) is 26.4 Å². The summed E-state index contributed by atoms with van der Waals surface area (Å²) in [6, 6.07) is 4.30. The Morgan fingerprint density at radius 3 is 1.78 bits per heavy atom. The largest absolute Gasteiger partial charge is 0.317 e. The minimum absolute atomic E-state index is 0.133. The van der Waals surface area contributed by atoms with Crippen LogP contribution in [0.5, 0.6) is 0 Å². The van der Waals surface area contributed by atoms with Crippen molar-refractivity contribution in [3.63, 3.8) is 0 Å². The highest BCUT2D eigenvalue weighted by molar-refractivity contribution is 8.31. The third-order valence-corrected chi connectivity index (χ3v) is 2.71. The monoisotopic (exact) mass is 330 g/mol. The highest BCUT2D eigenvalue weighted by atomic mass is 36.0. The molecule has 0 fully saturated rings. The van der Waals surface area contributed by atoms with Gasteiger partial charge in [-0.25, -0.2) is 0 Å². The van der Waals surface area contributed by atoms with Crippen molar-refractivity contribution in [1.82, 2.24) is 0 Å². The number of rotatable bonds is 0. The Balaban J connectivity index is 0.000000494. The van der Waals surface area contributed by atoms with E-state index in [1.165, 1.54) is 16.7 Å². The fourth-order valence-corrected chi connectivity index (χ4v) is 1.89. The smallest absolute Gasteiger partial charge is 0.195 e. The van der Waals surface area contributed by atoms with Crippen LogP contribution in [0.15, 0.2) is 12.1 Å². The van der Waals surface area contributed by atoms with Crippen LogP contribution in [-0.2, 0) is 13.7 Å². The standard InChI is InChI=1S/C12H17Cl.Cl2O2S/c1-8-6-9(2)11(13)10(7-8)12(3,4)5;1-5(2,3)4/h6-7H,1-5H3;. The Morgan fingerprint density at radius 1 is 1.06 bits per heavy atom. The van der Waals surface area contributed by atoms with E-state index in [1.807, 2.05) is 0 Å². The van der Waals surface area contributed by atoms with E-state index in [2.05, 4.69) is 68.1 Å². The third kappa shape index (κ3) is 7.47. The molecule has 0 bridgehead atoms. The second-order valence-electron chi connectivity index (χ2n) is 5.07. The molecule has 0 spiro atoms. The van der Waals surface area contributed by atoms with Gasteiger partial charge in [-0.2, -0.15) is 8.42 Å². The maximum Gasteiger partial charge on any atom is 0.317 e. The zero-order valence-electron chi connectivity index (χ0n) is 11.0. The predicted molar refractivity (Wildman–Crippen MR) is 80.3 cm³/mol. The van der Waals surface area contributed by atoms with E-state index in [-0.39, 0.29) is 5.41 Å². The van der Waals surface area contributed by atoms with Crippen LogP contribution >= 0.6 is 33.0 Å². The molecule has 0 heterocycles. The predicted octanol–water partition coefficient (Wildman–Crippen LogP) is 4.96. The SMILES string of the molecule is Cc1cc(C)c(Cl)c(C(C)(C)C)c1.O=S(=O)(Cl)Cl. The molecule has 0 N–H and O–H groups in total. The molecule has 0 atom stereocenters. The molecule has 0 aliphatic rings. The lowest BCUT2D eigenvalue weighted by Gasteiger charge is -2.22. The molecule has 0 saturated carbocycles. The Bertz CT molecular complexity index is 509. The number of benzene rings is 1. The second-order valence-corrected chi connectivity index (χ2v) is 9.12. The van der Waals surface area contributed by atoms with Gasteiger partial charge in [0.1, 0.15) is 0 Å². The Hall–Kier alpha value is 0.0400. The van der Waals surface area contributed by atoms with Crippen molar-refractivity contribution in [2.75, 3.05) is 0 Å². The van der Waals surface area contributed by atoms with Gasteiger partial charge in [-0.3, -0.25) is 0 Å². The summed E-state index contributed by atoms with van der Waals surface area (Å²) in [5.74, 6) is 0. The molecule has 0 amide bonds. The van der Waals surface area contributed by atoms with Crippen molar-refractivity contribution >= 4 is 41.2 Å². The van der Waals surface area contributed by atoms with Gasteiger partial charge in [0.2, 0.25) is 0 Å². The van der Waals surface area contributed by atoms with Crippen molar-refractivity contribution in [1.29, 1.82) is 0 Å². The number of hydrogen-bond donors (Lipinski definition) is 0. The van der Waals surface area contributed by atoms with Gasteiger partial charge in [-0.05, 0) is 30.4 Å². The minimum Gasteiger partial charge on any atom is -0.195 e. The quantitative estimate of drug-likeness (QED) is 0.629. The fourth-order valence-electron chi connectivity index (χ4n) is 1.50. The van der Waals surface area contributed by atoms with Gasteiger partial charge in [-0.1, -0.05) is 50.1 Å². The summed E-state index contributed by atoms with van der Waals surface area (Å²) in [5, 5.41) is 0.915. The Morgan fingerprint density at radius 2 is 1.44 bits per heavy atom. The van der Waals surface area contributed by atoms with Crippen molar-refractivity contribution in [3.8, 4) is 0 Å². The lowest BCUT2D eigenvalue weighted by Crippen LogP contribution is -2.12. The van der Waals surface area contributed by atoms with Crippen LogP contribution in [0.4, 0.5) is 0 Å². The molecular weight excluding hydrogens is 315 g/mol. The number of hydrogen-bond acceptors (Lipinski definition) is 2. The van der Waals surface area contributed by atoms with Crippen LogP contribution in [0.1, 0.15) is 37.5 Å². The lowest BCUT2D eigenvalue weighted by molar-refractivity contribution is 0.589. The molecule has 1 rings (SSSR count). The maximum atomic E-state index is 9.16. The summed E-state index contributed by atoms with van der Waals surface area (Å²) >= 11 is 6.25. The third-order valence-electron chi connectivity index (χ3n) is 2.21.